The molecule has 0 amide bonds. The third kappa shape index (κ3) is 4.46. The Hall–Kier alpha value is -1.13. The molecule has 1 N–H and O–H groups in total. The Morgan fingerprint density at radius 2 is 2.05 bits per heavy atom. The average molecular weight is 336 g/mol. The number of halogens is 1. The maximum atomic E-state index is 4.33. The fraction of sp³-hybridized carbons (Fsp3) is 0.438. The molecule has 0 spiro atoms. The first kappa shape index (κ1) is 15.3. The second-order valence-electron chi connectivity index (χ2n) is 6.24. The van der Waals surface area contributed by atoms with Crippen LogP contribution in [0.3, 0.4) is 0 Å². The fourth-order valence-electron chi connectivity index (χ4n) is 1.92. The molecule has 3 nitrogen and oxygen atoms in total. The van der Waals surface area contributed by atoms with Gasteiger partial charge in [-0.1, -0.05) is 28.1 Å². The lowest BCUT2D eigenvalue weighted by molar-refractivity contribution is 0.424. The number of aryl methyl sites for hydroxylation is 1. The topological polar surface area (TPSA) is 29.9 Å². The Morgan fingerprint density at radius 3 is 2.60 bits per heavy atom. The molecule has 2 aromatic rings. The van der Waals surface area contributed by atoms with E-state index in [1.807, 2.05) is 10.9 Å². The van der Waals surface area contributed by atoms with E-state index in [0.29, 0.717) is 0 Å². The van der Waals surface area contributed by atoms with Crippen molar-refractivity contribution in [3.8, 4) is 0 Å². The van der Waals surface area contributed by atoms with E-state index < -0.39 is 0 Å². The minimum atomic E-state index is 0.137. The van der Waals surface area contributed by atoms with E-state index >= 15 is 0 Å². The zero-order valence-corrected chi connectivity index (χ0v) is 14.2. The first-order valence-corrected chi connectivity index (χ1v) is 7.64. The quantitative estimate of drug-likeness (QED) is 0.918. The van der Waals surface area contributed by atoms with Crippen LogP contribution in [-0.4, -0.2) is 15.3 Å². The van der Waals surface area contributed by atoms with Crippen LogP contribution < -0.4 is 5.32 Å². The molecule has 0 aliphatic carbocycles. The van der Waals surface area contributed by atoms with Crippen LogP contribution in [0.15, 0.2) is 35.1 Å². The van der Waals surface area contributed by atoms with Crippen LogP contribution in [0.25, 0.3) is 0 Å². The van der Waals surface area contributed by atoms with Gasteiger partial charge in [-0.2, -0.15) is 5.10 Å². The highest BCUT2D eigenvalue weighted by Gasteiger charge is 2.09. The van der Waals surface area contributed by atoms with Gasteiger partial charge in [-0.15, -0.1) is 0 Å². The van der Waals surface area contributed by atoms with Gasteiger partial charge in [0.1, 0.15) is 0 Å². The first-order chi connectivity index (χ1) is 9.33. The summed E-state index contributed by atoms with van der Waals surface area (Å²) in [5.74, 6) is 0. The number of aromatic nitrogens is 2. The maximum Gasteiger partial charge on any atom is 0.0670 e. The summed E-state index contributed by atoms with van der Waals surface area (Å²) in [6, 6.07) is 6.53. The van der Waals surface area contributed by atoms with Crippen LogP contribution in [-0.2, 0) is 13.1 Å². The van der Waals surface area contributed by atoms with Gasteiger partial charge in [-0.05, 0) is 50.5 Å². The van der Waals surface area contributed by atoms with Gasteiger partial charge in [0.05, 0.1) is 12.7 Å². The highest BCUT2D eigenvalue weighted by atomic mass is 79.9. The summed E-state index contributed by atoms with van der Waals surface area (Å²) in [5.41, 5.74) is 3.85. The third-order valence-electron chi connectivity index (χ3n) is 3.04. The van der Waals surface area contributed by atoms with Crippen LogP contribution in [0.5, 0.6) is 0 Å². The van der Waals surface area contributed by atoms with Crippen molar-refractivity contribution in [2.75, 3.05) is 0 Å². The SMILES string of the molecule is Cc1cnn(Cc2ccc(CNC(C)(C)C)cc2Br)c1. The fourth-order valence-corrected chi connectivity index (χ4v) is 2.48. The Morgan fingerprint density at radius 1 is 1.30 bits per heavy atom. The van der Waals surface area contributed by atoms with E-state index in [4.69, 9.17) is 0 Å². The molecule has 20 heavy (non-hydrogen) atoms. The van der Waals surface area contributed by atoms with Gasteiger partial charge < -0.3 is 5.32 Å². The summed E-state index contributed by atoms with van der Waals surface area (Å²) in [5, 5.41) is 7.83. The molecule has 4 heteroatoms. The van der Waals surface area contributed by atoms with Gasteiger partial charge in [-0.25, -0.2) is 0 Å². The van der Waals surface area contributed by atoms with Crippen LogP contribution in [0.1, 0.15) is 37.5 Å². The summed E-state index contributed by atoms with van der Waals surface area (Å²) < 4.78 is 3.10. The van der Waals surface area contributed by atoms with E-state index in [1.54, 1.807) is 0 Å². The lowest BCUT2D eigenvalue weighted by atomic mass is 10.1. The molecule has 0 aliphatic rings. The van der Waals surface area contributed by atoms with Crippen LogP contribution in [0, 0.1) is 6.92 Å². The van der Waals surface area contributed by atoms with Crippen molar-refractivity contribution in [2.24, 2.45) is 0 Å². The predicted octanol–water partition coefficient (Wildman–Crippen LogP) is 3.89. The minimum Gasteiger partial charge on any atom is -0.308 e. The van der Waals surface area contributed by atoms with E-state index in [0.717, 1.165) is 17.6 Å². The standard InChI is InChI=1S/C16H22BrN3/c1-12-8-19-20(10-12)11-14-6-5-13(7-15(14)17)9-18-16(2,3)4/h5-8,10,18H,9,11H2,1-4H3. The highest BCUT2D eigenvalue weighted by molar-refractivity contribution is 9.10. The Labute approximate surface area is 129 Å². The first-order valence-electron chi connectivity index (χ1n) is 6.85. The van der Waals surface area contributed by atoms with Gasteiger partial charge in [0, 0.05) is 22.8 Å². The molecule has 1 aromatic carbocycles. The van der Waals surface area contributed by atoms with Crippen LogP contribution in [0.4, 0.5) is 0 Å². The summed E-state index contributed by atoms with van der Waals surface area (Å²) in [4.78, 5) is 0. The van der Waals surface area contributed by atoms with E-state index in [9.17, 15) is 0 Å². The molecule has 108 valence electrons. The lowest BCUT2D eigenvalue weighted by Gasteiger charge is -2.20. The molecule has 0 unspecified atom stereocenters. The third-order valence-corrected chi connectivity index (χ3v) is 3.77. The van der Waals surface area contributed by atoms with Crippen molar-refractivity contribution >= 4 is 15.9 Å². The Kier molecular flexibility index (Phi) is 4.66. The van der Waals surface area contributed by atoms with Crippen molar-refractivity contribution in [2.45, 2.75) is 46.3 Å². The Bertz CT molecular complexity index is 582. The highest BCUT2D eigenvalue weighted by Crippen LogP contribution is 2.20. The van der Waals surface area contributed by atoms with Gasteiger partial charge in [0.25, 0.3) is 0 Å². The van der Waals surface area contributed by atoms with Crippen molar-refractivity contribution < 1.29 is 0 Å². The molecule has 1 heterocycles. The smallest absolute Gasteiger partial charge is 0.0670 e. The molecular formula is C16H22BrN3. The molecule has 0 saturated heterocycles. The van der Waals surface area contributed by atoms with Gasteiger partial charge in [-0.3, -0.25) is 4.68 Å². The number of hydrogen-bond acceptors (Lipinski definition) is 2. The number of nitrogens with zero attached hydrogens (tertiary/aromatic N) is 2. The molecule has 0 atom stereocenters. The number of nitrogens with one attached hydrogen (secondary N) is 1. The molecule has 0 fully saturated rings. The Balaban J connectivity index is 2.06. The van der Waals surface area contributed by atoms with Crippen LogP contribution >= 0.6 is 15.9 Å². The largest absolute Gasteiger partial charge is 0.308 e. The van der Waals surface area contributed by atoms with Crippen molar-refractivity contribution in [3.05, 3.63) is 51.8 Å². The molecule has 2 rings (SSSR count). The van der Waals surface area contributed by atoms with Gasteiger partial charge >= 0.3 is 0 Å². The van der Waals surface area contributed by atoms with E-state index in [1.165, 1.54) is 16.7 Å². The maximum absolute atomic E-state index is 4.33. The van der Waals surface area contributed by atoms with Crippen LogP contribution in [0.2, 0.25) is 0 Å². The molecule has 0 aliphatic heterocycles. The second-order valence-corrected chi connectivity index (χ2v) is 7.10. The van der Waals surface area contributed by atoms with Crippen molar-refractivity contribution in [1.82, 2.24) is 15.1 Å². The lowest BCUT2D eigenvalue weighted by Crippen LogP contribution is -2.35. The average Bonchev–Trinajstić information content (AvgIpc) is 2.74. The molecule has 0 bridgehead atoms. The summed E-state index contributed by atoms with van der Waals surface area (Å²) in [7, 11) is 0. The number of hydrogen-bond donors (Lipinski definition) is 1. The predicted molar refractivity (Wildman–Crippen MR) is 86.8 cm³/mol. The minimum absolute atomic E-state index is 0.137. The van der Waals surface area contributed by atoms with Gasteiger partial charge in [0.15, 0.2) is 0 Å². The van der Waals surface area contributed by atoms with E-state index in [-0.39, 0.29) is 5.54 Å². The normalized spacial score (nSPS) is 11.8. The monoisotopic (exact) mass is 335 g/mol. The molecule has 0 radical (unpaired) electrons. The summed E-state index contributed by atoms with van der Waals surface area (Å²) in [6.07, 6.45) is 3.94. The second kappa shape index (κ2) is 6.10. The molecule has 1 aromatic heterocycles. The molecule has 0 saturated carbocycles. The summed E-state index contributed by atoms with van der Waals surface area (Å²) in [6.45, 7) is 10.3. The van der Waals surface area contributed by atoms with Gasteiger partial charge in [0.2, 0.25) is 0 Å². The number of rotatable bonds is 4. The number of benzene rings is 1. The van der Waals surface area contributed by atoms with E-state index in [2.05, 4.69) is 78.4 Å². The summed E-state index contributed by atoms with van der Waals surface area (Å²) >= 11 is 3.66. The molecular weight excluding hydrogens is 314 g/mol. The van der Waals surface area contributed by atoms with Crippen molar-refractivity contribution in [1.29, 1.82) is 0 Å². The van der Waals surface area contributed by atoms with Crippen molar-refractivity contribution in [3.63, 3.8) is 0 Å². The zero-order valence-electron chi connectivity index (χ0n) is 12.6. The zero-order chi connectivity index (χ0) is 14.8.